The van der Waals surface area contributed by atoms with Crippen molar-refractivity contribution in [2.24, 2.45) is 5.92 Å². The van der Waals surface area contributed by atoms with Gasteiger partial charge in [0.2, 0.25) is 5.91 Å². The number of amides is 1. The molecule has 2 fully saturated rings. The van der Waals surface area contributed by atoms with Crippen molar-refractivity contribution in [3.8, 4) is 0 Å². The fourth-order valence-corrected chi connectivity index (χ4v) is 3.95. The predicted octanol–water partition coefficient (Wildman–Crippen LogP) is 1.19. The molecular weight excluding hydrogens is 288 g/mol. The van der Waals surface area contributed by atoms with Crippen molar-refractivity contribution in [3.05, 3.63) is 0 Å². The quantitative estimate of drug-likeness (QED) is 0.799. The van der Waals surface area contributed by atoms with E-state index < -0.39 is 9.84 Å². The monoisotopic (exact) mass is 316 g/mol. The highest BCUT2D eigenvalue weighted by molar-refractivity contribution is 7.90. The highest BCUT2D eigenvalue weighted by Gasteiger charge is 2.23. The van der Waals surface area contributed by atoms with Crippen LogP contribution in [-0.2, 0) is 14.6 Å². The number of carbonyl (C=O) groups is 1. The molecule has 0 unspecified atom stereocenters. The summed E-state index contributed by atoms with van der Waals surface area (Å²) in [5.74, 6) is 1.03. The standard InChI is InChI=1S/C15H28N2O3S/c1-21(19,20)11-10-17-8-6-14(7-9-17)16-15(18)12-13-4-2-3-5-13/h13-14H,2-12H2,1H3,(H,16,18). The second-order valence-electron chi connectivity index (χ2n) is 6.67. The third-order valence-corrected chi connectivity index (χ3v) is 5.60. The van der Waals surface area contributed by atoms with E-state index in [1.165, 1.54) is 31.9 Å². The van der Waals surface area contributed by atoms with Crippen molar-refractivity contribution in [2.75, 3.05) is 31.6 Å². The number of hydrogen-bond acceptors (Lipinski definition) is 4. The Morgan fingerprint density at radius 2 is 1.76 bits per heavy atom. The number of hydrogen-bond donors (Lipinski definition) is 1. The Kier molecular flexibility index (Phi) is 6.05. The molecule has 0 aromatic carbocycles. The van der Waals surface area contributed by atoms with Crippen LogP contribution in [0.15, 0.2) is 0 Å². The van der Waals surface area contributed by atoms with Gasteiger partial charge in [-0.1, -0.05) is 12.8 Å². The van der Waals surface area contributed by atoms with Crippen LogP contribution in [0.2, 0.25) is 0 Å². The zero-order valence-electron chi connectivity index (χ0n) is 13.0. The lowest BCUT2D eigenvalue weighted by Gasteiger charge is -2.32. The van der Waals surface area contributed by atoms with Crippen LogP contribution >= 0.6 is 0 Å². The summed E-state index contributed by atoms with van der Waals surface area (Å²) >= 11 is 0. The lowest BCUT2D eigenvalue weighted by Crippen LogP contribution is -2.45. The number of sulfone groups is 1. The maximum Gasteiger partial charge on any atom is 0.220 e. The number of likely N-dealkylation sites (tertiary alicyclic amines) is 1. The van der Waals surface area contributed by atoms with Crippen molar-refractivity contribution in [1.82, 2.24) is 10.2 Å². The Morgan fingerprint density at radius 1 is 1.14 bits per heavy atom. The average molecular weight is 316 g/mol. The molecule has 0 bridgehead atoms. The van der Waals surface area contributed by atoms with Crippen molar-refractivity contribution >= 4 is 15.7 Å². The molecule has 1 heterocycles. The van der Waals surface area contributed by atoms with Crippen LogP contribution in [0.25, 0.3) is 0 Å². The lowest BCUT2D eigenvalue weighted by molar-refractivity contribution is -0.123. The Bertz CT molecular complexity index is 436. The molecule has 0 aromatic rings. The van der Waals surface area contributed by atoms with Gasteiger partial charge < -0.3 is 10.2 Å². The van der Waals surface area contributed by atoms with Gasteiger partial charge >= 0.3 is 0 Å². The van der Waals surface area contributed by atoms with Gasteiger partial charge in [-0.2, -0.15) is 0 Å². The maximum atomic E-state index is 12.0. The normalized spacial score (nSPS) is 22.5. The summed E-state index contributed by atoms with van der Waals surface area (Å²) in [5.41, 5.74) is 0. The van der Waals surface area contributed by atoms with Crippen molar-refractivity contribution in [1.29, 1.82) is 0 Å². The molecule has 21 heavy (non-hydrogen) atoms. The molecule has 0 atom stereocenters. The second-order valence-corrected chi connectivity index (χ2v) is 8.93. The van der Waals surface area contributed by atoms with Gasteiger partial charge in [-0.3, -0.25) is 4.79 Å². The Hall–Kier alpha value is -0.620. The topological polar surface area (TPSA) is 66.5 Å². The molecule has 1 aliphatic carbocycles. The SMILES string of the molecule is CS(=O)(=O)CCN1CCC(NC(=O)CC2CCCC2)CC1. The van der Waals surface area contributed by atoms with E-state index >= 15 is 0 Å². The Labute approximate surface area is 128 Å². The molecular formula is C15H28N2O3S. The molecule has 6 heteroatoms. The summed E-state index contributed by atoms with van der Waals surface area (Å²) in [6, 6.07) is 0.272. The largest absolute Gasteiger partial charge is 0.353 e. The van der Waals surface area contributed by atoms with Crippen LogP contribution < -0.4 is 5.32 Å². The minimum Gasteiger partial charge on any atom is -0.353 e. The van der Waals surface area contributed by atoms with Crippen molar-refractivity contribution in [3.63, 3.8) is 0 Å². The van der Waals surface area contributed by atoms with Gasteiger partial charge in [0.15, 0.2) is 0 Å². The molecule has 1 N–H and O–H groups in total. The molecule has 5 nitrogen and oxygen atoms in total. The van der Waals surface area contributed by atoms with E-state index in [1.807, 2.05) is 0 Å². The molecule has 0 spiro atoms. The summed E-state index contributed by atoms with van der Waals surface area (Å²) in [4.78, 5) is 14.2. The van der Waals surface area contributed by atoms with E-state index in [4.69, 9.17) is 0 Å². The van der Waals surface area contributed by atoms with Crippen LogP contribution in [0.3, 0.4) is 0 Å². The third-order valence-electron chi connectivity index (χ3n) is 4.68. The second kappa shape index (κ2) is 7.58. The zero-order valence-corrected chi connectivity index (χ0v) is 13.8. The summed E-state index contributed by atoms with van der Waals surface area (Å²) in [5, 5.41) is 3.15. The minimum absolute atomic E-state index is 0.205. The van der Waals surface area contributed by atoms with Crippen molar-refractivity contribution < 1.29 is 13.2 Å². The lowest BCUT2D eigenvalue weighted by atomic mass is 10.0. The average Bonchev–Trinajstić information content (AvgIpc) is 2.89. The molecule has 2 rings (SSSR count). The highest BCUT2D eigenvalue weighted by Crippen LogP contribution is 2.27. The number of piperidine rings is 1. The van der Waals surface area contributed by atoms with Gasteiger partial charge in [0, 0.05) is 38.4 Å². The van der Waals surface area contributed by atoms with Gasteiger partial charge in [-0.25, -0.2) is 8.42 Å². The van der Waals surface area contributed by atoms with Crippen molar-refractivity contribution in [2.45, 2.75) is 51.0 Å². The van der Waals surface area contributed by atoms with Crippen LogP contribution in [-0.4, -0.2) is 56.9 Å². The first-order valence-electron chi connectivity index (χ1n) is 8.12. The first-order chi connectivity index (χ1) is 9.92. The van der Waals surface area contributed by atoms with Gasteiger partial charge in [-0.15, -0.1) is 0 Å². The molecule has 2 aliphatic rings. The zero-order chi connectivity index (χ0) is 15.3. The van der Waals surface area contributed by atoms with Crippen LogP contribution in [0.4, 0.5) is 0 Å². The van der Waals surface area contributed by atoms with Gasteiger partial charge in [-0.05, 0) is 31.6 Å². The number of carbonyl (C=O) groups excluding carboxylic acids is 1. The maximum absolute atomic E-state index is 12.0. The fraction of sp³-hybridized carbons (Fsp3) is 0.933. The minimum atomic E-state index is -2.88. The number of nitrogens with one attached hydrogen (secondary N) is 1. The predicted molar refractivity (Wildman–Crippen MR) is 83.9 cm³/mol. The van der Waals surface area contributed by atoms with Gasteiger partial charge in [0.05, 0.1) is 5.75 Å². The fourth-order valence-electron chi connectivity index (χ4n) is 3.36. The highest BCUT2D eigenvalue weighted by atomic mass is 32.2. The Balaban J connectivity index is 1.63. The van der Waals surface area contributed by atoms with Crippen LogP contribution in [0, 0.1) is 5.92 Å². The molecule has 1 aliphatic heterocycles. The van der Waals surface area contributed by atoms with E-state index in [-0.39, 0.29) is 17.7 Å². The first kappa shape index (κ1) is 16.7. The van der Waals surface area contributed by atoms with Gasteiger partial charge in [0.25, 0.3) is 0 Å². The van der Waals surface area contributed by atoms with E-state index in [1.54, 1.807) is 0 Å². The van der Waals surface area contributed by atoms with E-state index in [9.17, 15) is 13.2 Å². The Morgan fingerprint density at radius 3 is 2.33 bits per heavy atom. The molecule has 1 saturated heterocycles. The molecule has 122 valence electrons. The molecule has 0 radical (unpaired) electrons. The summed E-state index contributed by atoms with van der Waals surface area (Å²) in [6.45, 7) is 2.37. The number of rotatable bonds is 6. The van der Waals surface area contributed by atoms with Gasteiger partial charge in [0.1, 0.15) is 9.84 Å². The third kappa shape index (κ3) is 6.34. The summed E-state index contributed by atoms with van der Waals surface area (Å²) in [7, 11) is -2.88. The van der Waals surface area contributed by atoms with E-state index in [2.05, 4.69) is 10.2 Å². The van der Waals surface area contributed by atoms with Crippen LogP contribution in [0.5, 0.6) is 0 Å². The summed E-state index contributed by atoms with van der Waals surface area (Å²) < 4.78 is 22.3. The van der Waals surface area contributed by atoms with E-state index in [0.29, 0.717) is 18.9 Å². The number of nitrogens with zero attached hydrogens (tertiary/aromatic N) is 1. The molecule has 0 aromatic heterocycles. The smallest absolute Gasteiger partial charge is 0.220 e. The first-order valence-corrected chi connectivity index (χ1v) is 10.2. The van der Waals surface area contributed by atoms with Crippen LogP contribution in [0.1, 0.15) is 44.9 Å². The summed E-state index contributed by atoms with van der Waals surface area (Å²) in [6.07, 6.45) is 8.79. The molecule has 1 amide bonds. The van der Waals surface area contributed by atoms with E-state index in [0.717, 1.165) is 25.9 Å². The molecule has 1 saturated carbocycles.